The molecule has 0 heterocycles. The molecule has 0 spiro atoms. The molecule has 2 nitrogen and oxygen atoms in total. The van der Waals surface area contributed by atoms with E-state index >= 15 is 0 Å². The van der Waals surface area contributed by atoms with Crippen molar-refractivity contribution in [2.75, 3.05) is 5.32 Å². The first-order valence-corrected chi connectivity index (χ1v) is 5.30. The summed E-state index contributed by atoms with van der Waals surface area (Å²) in [6.07, 6.45) is 0. The Labute approximate surface area is 109 Å². The van der Waals surface area contributed by atoms with Gasteiger partial charge in [0.15, 0.2) is 17.5 Å². The fourth-order valence-corrected chi connectivity index (χ4v) is 1.48. The summed E-state index contributed by atoms with van der Waals surface area (Å²) in [6.45, 7) is 0. The number of carbonyl (C=O) groups is 1. The van der Waals surface area contributed by atoms with Gasteiger partial charge in [-0.25, -0.2) is 22.0 Å². The molecule has 0 bridgehead atoms. The van der Waals surface area contributed by atoms with Crippen molar-refractivity contribution in [2.24, 2.45) is 0 Å². The van der Waals surface area contributed by atoms with Crippen molar-refractivity contribution in [1.82, 2.24) is 0 Å². The fraction of sp³-hybridized carbons (Fsp3) is 0. The molecular formula is C13H6F5NO. The zero-order valence-corrected chi connectivity index (χ0v) is 9.68. The van der Waals surface area contributed by atoms with Gasteiger partial charge in [0, 0.05) is 0 Å². The summed E-state index contributed by atoms with van der Waals surface area (Å²) in [4.78, 5) is 11.6. The molecule has 104 valence electrons. The monoisotopic (exact) mass is 287 g/mol. The maximum atomic E-state index is 13.3. The second-order valence-corrected chi connectivity index (χ2v) is 3.80. The standard InChI is InChI=1S/C13H6F5NO/c14-6-1-2-8(15)7(5-6)13(20)19-10-4-3-9(16)11(17)12(10)18/h1-5H,(H,19,20). The number of benzene rings is 2. The first-order valence-electron chi connectivity index (χ1n) is 5.30. The highest BCUT2D eigenvalue weighted by Crippen LogP contribution is 2.21. The third-order valence-electron chi connectivity index (χ3n) is 2.46. The Balaban J connectivity index is 2.33. The molecule has 0 aromatic heterocycles. The number of rotatable bonds is 2. The highest BCUT2D eigenvalue weighted by Gasteiger charge is 2.18. The van der Waals surface area contributed by atoms with Crippen molar-refractivity contribution in [1.29, 1.82) is 0 Å². The lowest BCUT2D eigenvalue weighted by atomic mass is 10.2. The minimum absolute atomic E-state index is 0.593. The van der Waals surface area contributed by atoms with Crippen molar-refractivity contribution in [3.8, 4) is 0 Å². The molecule has 0 aliphatic heterocycles. The maximum absolute atomic E-state index is 13.3. The van der Waals surface area contributed by atoms with Crippen LogP contribution in [0.1, 0.15) is 10.4 Å². The SMILES string of the molecule is O=C(Nc1ccc(F)c(F)c1F)c1cc(F)ccc1F. The Morgan fingerprint density at radius 2 is 1.50 bits per heavy atom. The van der Waals surface area contributed by atoms with Gasteiger partial charge in [-0.1, -0.05) is 0 Å². The van der Waals surface area contributed by atoms with Crippen molar-refractivity contribution < 1.29 is 26.7 Å². The maximum Gasteiger partial charge on any atom is 0.258 e. The number of halogens is 5. The molecule has 2 aromatic carbocycles. The van der Waals surface area contributed by atoms with E-state index in [0.29, 0.717) is 18.2 Å². The van der Waals surface area contributed by atoms with E-state index in [1.807, 2.05) is 5.32 Å². The molecule has 1 amide bonds. The molecule has 0 radical (unpaired) electrons. The quantitative estimate of drug-likeness (QED) is 0.663. The van der Waals surface area contributed by atoms with E-state index in [2.05, 4.69) is 0 Å². The lowest BCUT2D eigenvalue weighted by Gasteiger charge is -2.08. The van der Waals surface area contributed by atoms with E-state index in [9.17, 15) is 26.7 Å². The van der Waals surface area contributed by atoms with Crippen LogP contribution in [0.15, 0.2) is 30.3 Å². The molecule has 7 heteroatoms. The van der Waals surface area contributed by atoms with E-state index < -0.39 is 46.2 Å². The van der Waals surface area contributed by atoms with Crippen LogP contribution < -0.4 is 5.32 Å². The Morgan fingerprint density at radius 1 is 0.850 bits per heavy atom. The molecule has 0 aliphatic carbocycles. The van der Waals surface area contributed by atoms with Gasteiger partial charge in [0.2, 0.25) is 0 Å². The molecule has 0 saturated carbocycles. The van der Waals surface area contributed by atoms with Gasteiger partial charge < -0.3 is 5.32 Å². The van der Waals surface area contributed by atoms with E-state index in [1.54, 1.807) is 0 Å². The molecule has 2 rings (SSSR count). The second kappa shape index (κ2) is 5.28. The summed E-state index contributed by atoms with van der Waals surface area (Å²) in [5.74, 6) is -7.93. The molecule has 0 unspecified atom stereocenters. The number of nitrogens with one attached hydrogen (secondary N) is 1. The molecule has 2 aromatic rings. The summed E-state index contributed by atoms with van der Waals surface area (Å²) in [5, 5.41) is 1.84. The van der Waals surface area contributed by atoms with Gasteiger partial charge in [-0.05, 0) is 30.3 Å². The van der Waals surface area contributed by atoms with Crippen LogP contribution in [0.4, 0.5) is 27.6 Å². The van der Waals surface area contributed by atoms with E-state index in [0.717, 1.165) is 12.1 Å². The fourth-order valence-electron chi connectivity index (χ4n) is 1.48. The average molecular weight is 287 g/mol. The Hall–Kier alpha value is -2.44. The van der Waals surface area contributed by atoms with Crippen LogP contribution in [0.2, 0.25) is 0 Å². The number of hydrogen-bond donors (Lipinski definition) is 1. The van der Waals surface area contributed by atoms with Crippen LogP contribution in [0.5, 0.6) is 0 Å². The number of anilines is 1. The molecule has 0 saturated heterocycles. The highest BCUT2D eigenvalue weighted by atomic mass is 19.2. The Bertz CT molecular complexity index is 687. The van der Waals surface area contributed by atoms with Gasteiger partial charge in [-0.3, -0.25) is 4.79 Å². The van der Waals surface area contributed by atoms with Gasteiger partial charge in [0.25, 0.3) is 5.91 Å². The summed E-state index contributed by atoms with van der Waals surface area (Å²) < 4.78 is 65.2. The molecule has 0 atom stereocenters. The predicted octanol–water partition coefficient (Wildman–Crippen LogP) is 3.63. The van der Waals surface area contributed by atoms with Crippen molar-refractivity contribution >= 4 is 11.6 Å². The highest BCUT2D eigenvalue weighted by molar-refractivity contribution is 6.04. The lowest BCUT2D eigenvalue weighted by Crippen LogP contribution is -2.15. The lowest BCUT2D eigenvalue weighted by molar-refractivity contribution is 0.102. The number of amides is 1. The van der Waals surface area contributed by atoms with Gasteiger partial charge in [-0.2, -0.15) is 0 Å². The molecule has 20 heavy (non-hydrogen) atoms. The molecule has 0 aliphatic rings. The van der Waals surface area contributed by atoms with Gasteiger partial charge in [-0.15, -0.1) is 0 Å². The summed E-state index contributed by atoms with van der Waals surface area (Å²) in [5.41, 5.74) is -1.37. The third kappa shape index (κ3) is 2.61. The Kier molecular flexibility index (Phi) is 3.69. The zero-order valence-electron chi connectivity index (χ0n) is 9.68. The zero-order chi connectivity index (χ0) is 14.9. The van der Waals surface area contributed by atoms with Crippen LogP contribution in [0.3, 0.4) is 0 Å². The van der Waals surface area contributed by atoms with Crippen LogP contribution in [-0.4, -0.2) is 5.91 Å². The largest absolute Gasteiger partial charge is 0.319 e. The summed E-state index contributed by atoms with van der Waals surface area (Å²) in [7, 11) is 0. The van der Waals surface area contributed by atoms with Gasteiger partial charge >= 0.3 is 0 Å². The smallest absolute Gasteiger partial charge is 0.258 e. The molecule has 0 fully saturated rings. The third-order valence-corrected chi connectivity index (χ3v) is 2.46. The summed E-state index contributed by atoms with van der Waals surface area (Å²) in [6, 6.07) is 3.47. The van der Waals surface area contributed by atoms with Crippen molar-refractivity contribution in [3.63, 3.8) is 0 Å². The van der Waals surface area contributed by atoms with Crippen molar-refractivity contribution in [3.05, 3.63) is 65.0 Å². The topological polar surface area (TPSA) is 29.1 Å². The first kappa shape index (κ1) is 14.0. The number of hydrogen-bond acceptors (Lipinski definition) is 1. The summed E-state index contributed by atoms with van der Waals surface area (Å²) >= 11 is 0. The van der Waals surface area contributed by atoms with Crippen molar-refractivity contribution in [2.45, 2.75) is 0 Å². The average Bonchev–Trinajstić information content (AvgIpc) is 2.42. The van der Waals surface area contributed by atoms with E-state index in [-0.39, 0.29) is 0 Å². The Morgan fingerprint density at radius 3 is 2.20 bits per heavy atom. The van der Waals surface area contributed by atoms with Gasteiger partial charge in [0.05, 0.1) is 11.3 Å². The molecular weight excluding hydrogens is 281 g/mol. The second-order valence-electron chi connectivity index (χ2n) is 3.80. The van der Waals surface area contributed by atoms with Crippen LogP contribution in [0, 0.1) is 29.1 Å². The first-order chi connectivity index (χ1) is 9.40. The number of carbonyl (C=O) groups excluding carboxylic acids is 1. The normalized spacial score (nSPS) is 10.4. The van der Waals surface area contributed by atoms with E-state index in [1.165, 1.54) is 0 Å². The van der Waals surface area contributed by atoms with Gasteiger partial charge in [0.1, 0.15) is 11.6 Å². The van der Waals surface area contributed by atoms with Crippen LogP contribution in [-0.2, 0) is 0 Å². The molecule has 1 N–H and O–H groups in total. The van der Waals surface area contributed by atoms with E-state index in [4.69, 9.17) is 0 Å². The van der Waals surface area contributed by atoms with Crippen LogP contribution in [0.25, 0.3) is 0 Å². The minimum atomic E-state index is -1.78. The van der Waals surface area contributed by atoms with Crippen LogP contribution >= 0.6 is 0 Å². The minimum Gasteiger partial charge on any atom is -0.319 e. The predicted molar refractivity (Wildman–Crippen MR) is 60.6 cm³/mol.